The second-order valence-electron chi connectivity index (χ2n) is 7.34. The fraction of sp³-hybridized carbons (Fsp3) is 0.136. The molecule has 0 radical (unpaired) electrons. The van der Waals surface area contributed by atoms with E-state index in [-0.39, 0.29) is 12.1 Å². The van der Waals surface area contributed by atoms with Crippen LogP contribution in [0.1, 0.15) is 11.1 Å². The Labute approximate surface area is 185 Å². The monoisotopic (exact) mass is 450 g/mol. The van der Waals surface area contributed by atoms with Gasteiger partial charge in [0, 0.05) is 24.9 Å². The topological polar surface area (TPSA) is 86.3 Å². The van der Waals surface area contributed by atoms with E-state index in [2.05, 4.69) is 30.7 Å². The van der Waals surface area contributed by atoms with E-state index in [1.54, 1.807) is 54.5 Å². The molecule has 0 unspecified atom stereocenters. The molecule has 0 saturated carbocycles. The summed E-state index contributed by atoms with van der Waals surface area (Å²) in [6, 6.07) is 14.4. The number of halogens is 3. The van der Waals surface area contributed by atoms with Crippen molar-refractivity contribution in [2.75, 3.05) is 5.32 Å². The maximum Gasteiger partial charge on any atom is 0.416 e. The molecule has 0 fully saturated rings. The van der Waals surface area contributed by atoms with Gasteiger partial charge < -0.3 is 5.32 Å². The number of aromatic nitrogens is 7. The van der Waals surface area contributed by atoms with Crippen molar-refractivity contribution < 1.29 is 13.2 Å². The van der Waals surface area contributed by atoms with Gasteiger partial charge in [0.05, 0.1) is 29.5 Å². The van der Waals surface area contributed by atoms with Gasteiger partial charge in [-0.05, 0) is 29.8 Å². The molecule has 0 saturated heterocycles. The number of nitrogens with one attached hydrogen (secondary N) is 1. The summed E-state index contributed by atoms with van der Waals surface area (Å²) in [6.45, 7) is -0.0438. The molecule has 0 spiro atoms. The van der Waals surface area contributed by atoms with E-state index < -0.39 is 11.7 Å². The molecule has 166 valence electrons. The maximum atomic E-state index is 13.3. The number of aryl methyl sites for hydroxylation is 1. The van der Waals surface area contributed by atoms with Crippen LogP contribution in [0.3, 0.4) is 0 Å². The summed E-state index contributed by atoms with van der Waals surface area (Å²) in [5, 5.41) is 15.4. The summed E-state index contributed by atoms with van der Waals surface area (Å²) in [6.07, 6.45) is -1.14. The minimum absolute atomic E-state index is 0.0438. The summed E-state index contributed by atoms with van der Waals surface area (Å²) in [5.74, 6) is 1.15. The normalized spacial score (nSPS) is 11.8. The van der Waals surface area contributed by atoms with Gasteiger partial charge in [0.15, 0.2) is 0 Å². The van der Waals surface area contributed by atoms with Crippen LogP contribution in [0.25, 0.3) is 22.3 Å². The van der Waals surface area contributed by atoms with Gasteiger partial charge in [-0.25, -0.2) is 14.6 Å². The fourth-order valence-electron chi connectivity index (χ4n) is 3.54. The molecule has 8 nitrogen and oxygen atoms in total. The molecule has 5 rings (SSSR count). The van der Waals surface area contributed by atoms with E-state index in [9.17, 15) is 13.2 Å². The number of hydrogen-bond acceptors (Lipinski definition) is 6. The molecule has 0 bridgehead atoms. The van der Waals surface area contributed by atoms with E-state index in [1.165, 1.54) is 16.8 Å². The van der Waals surface area contributed by atoms with Crippen molar-refractivity contribution in [2.24, 2.45) is 7.05 Å². The zero-order chi connectivity index (χ0) is 23.0. The van der Waals surface area contributed by atoms with Gasteiger partial charge in [0.1, 0.15) is 11.3 Å². The number of rotatable bonds is 5. The van der Waals surface area contributed by atoms with E-state index in [1.807, 2.05) is 6.07 Å². The smallest absolute Gasteiger partial charge is 0.309 e. The predicted molar refractivity (Wildman–Crippen MR) is 116 cm³/mol. The standard InChI is InChI=1S/C22H17F3N8/c1-32-20(9-11-27-32)29-21-26-10-8-17(28-21)14-6-7-19-18(12-14)30-31-33(19)13-15-4-2-3-5-16(15)22(23,24)25/h2-12H,13H2,1H3,(H,26,28,29). The van der Waals surface area contributed by atoms with Crippen molar-refractivity contribution in [1.82, 2.24) is 34.7 Å². The van der Waals surface area contributed by atoms with E-state index >= 15 is 0 Å². The first kappa shape index (κ1) is 20.6. The van der Waals surface area contributed by atoms with Gasteiger partial charge in [0.2, 0.25) is 5.95 Å². The molecule has 33 heavy (non-hydrogen) atoms. The highest BCUT2D eigenvalue weighted by molar-refractivity contribution is 5.80. The first-order valence-electron chi connectivity index (χ1n) is 9.95. The minimum atomic E-state index is -4.44. The third-order valence-corrected chi connectivity index (χ3v) is 5.17. The molecule has 0 amide bonds. The Bertz CT molecular complexity index is 1440. The van der Waals surface area contributed by atoms with E-state index in [0.717, 1.165) is 17.4 Å². The van der Waals surface area contributed by atoms with Crippen molar-refractivity contribution in [3.8, 4) is 11.3 Å². The van der Waals surface area contributed by atoms with Crippen molar-refractivity contribution in [2.45, 2.75) is 12.7 Å². The van der Waals surface area contributed by atoms with Crippen LogP contribution in [-0.4, -0.2) is 34.7 Å². The van der Waals surface area contributed by atoms with Crippen LogP contribution in [0.15, 0.2) is 67.0 Å². The highest BCUT2D eigenvalue weighted by Gasteiger charge is 2.33. The molecule has 3 aromatic heterocycles. The van der Waals surface area contributed by atoms with E-state index in [0.29, 0.717) is 22.7 Å². The Morgan fingerprint density at radius 3 is 2.64 bits per heavy atom. The molecular formula is C22H17F3N8. The van der Waals surface area contributed by atoms with Crippen LogP contribution in [0.2, 0.25) is 0 Å². The van der Waals surface area contributed by atoms with Gasteiger partial charge >= 0.3 is 6.18 Å². The molecule has 0 aliphatic heterocycles. The number of anilines is 2. The Hall–Kier alpha value is -4.28. The van der Waals surface area contributed by atoms with Gasteiger partial charge in [-0.2, -0.15) is 18.3 Å². The number of nitrogens with zero attached hydrogens (tertiary/aromatic N) is 7. The molecule has 0 aliphatic carbocycles. The largest absolute Gasteiger partial charge is 0.416 e. The van der Waals surface area contributed by atoms with Crippen LogP contribution in [0.5, 0.6) is 0 Å². The number of alkyl halides is 3. The minimum Gasteiger partial charge on any atom is -0.309 e. The van der Waals surface area contributed by atoms with Crippen LogP contribution in [0.4, 0.5) is 24.9 Å². The predicted octanol–water partition coefficient (Wildman–Crippen LogP) is 4.43. The second-order valence-corrected chi connectivity index (χ2v) is 7.34. The Morgan fingerprint density at radius 2 is 1.85 bits per heavy atom. The van der Waals surface area contributed by atoms with Crippen LogP contribution in [-0.2, 0) is 19.8 Å². The van der Waals surface area contributed by atoms with Crippen molar-refractivity contribution in [3.05, 3.63) is 78.1 Å². The SMILES string of the molecule is Cn1nccc1Nc1nccc(-c2ccc3c(c2)nnn3Cc2ccccc2C(F)(F)F)n1. The zero-order valence-corrected chi connectivity index (χ0v) is 17.3. The highest BCUT2D eigenvalue weighted by Crippen LogP contribution is 2.32. The maximum absolute atomic E-state index is 13.3. The quantitative estimate of drug-likeness (QED) is 0.426. The molecule has 11 heteroatoms. The summed E-state index contributed by atoms with van der Waals surface area (Å²) in [5.41, 5.74) is 2.06. The van der Waals surface area contributed by atoms with Crippen molar-refractivity contribution in [3.63, 3.8) is 0 Å². The Kier molecular flexibility index (Phi) is 5.00. The molecule has 2 aromatic carbocycles. The second kappa shape index (κ2) is 8.01. The lowest BCUT2D eigenvalue weighted by molar-refractivity contribution is -0.138. The molecule has 5 aromatic rings. The lowest BCUT2D eigenvalue weighted by atomic mass is 10.1. The Balaban J connectivity index is 1.44. The van der Waals surface area contributed by atoms with Crippen LogP contribution in [0, 0.1) is 0 Å². The summed E-state index contributed by atoms with van der Waals surface area (Å²) in [4.78, 5) is 8.77. The summed E-state index contributed by atoms with van der Waals surface area (Å²) < 4.78 is 43.1. The molecule has 3 heterocycles. The first-order valence-corrected chi connectivity index (χ1v) is 9.95. The van der Waals surface area contributed by atoms with Gasteiger partial charge in [-0.3, -0.25) is 4.68 Å². The third-order valence-electron chi connectivity index (χ3n) is 5.17. The molecular weight excluding hydrogens is 433 g/mol. The zero-order valence-electron chi connectivity index (χ0n) is 17.3. The molecule has 0 atom stereocenters. The van der Waals surface area contributed by atoms with Crippen LogP contribution >= 0.6 is 0 Å². The average molecular weight is 450 g/mol. The lowest BCUT2D eigenvalue weighted by Gasteiger charge is -2.12. The summed E-state index contributed by atoms with van der Waals surface area (Å²) >= 11 is 0. The van der Waals surface area contributed by atoms with Gasteiger partial charge in [-0.1, -0.05) is 29.5 Å². The van der Waals surface area contributed by atoms with Gasteiger partial charge in [-0.15, -0.1) is 5.10 Å². The van der Waals surface area contributed by atoms with Crippen molar-refractivity contribution in [1.29, 1.82) is 0 Å². The number of benzene rings is 2. The Morgan fingerprint density at radius 1 is 1.00 bits per heavy atom. The first-order chi connectivity index (χ1) is 15.9. The van der Waals surface area contributed by atoms with Gasteiger partial charge in [0.25, 0.3) is 0 Å². The summed E-state index contributed by atoms with van der Waals surface area (Å²) in [7, 11) is 1.80. The molecule has 0 aliphatic rings. The highest BCUT2D eigenvalue weighted by atomic mass is 19.4. The third kappa shape index (κ3) is 4.12. The lowest BCUT2D eigenvalue weighted by Crippen LogP contribution is -2.12. The van der Waals surface area contributed by atoms with E-state index in [4.69, 9.17) is 0 Å². The number of hydrogen-bond donors (Lipinski definition) is 1. The fourth-order valence-corrected chi connectivity index (χ4v) is 3.54. The number of fused-ring (bicyclic) bond motifs is 1. The molecule has 1 N–H and O–H groups in total. The van der Waals surface area contributed by atoms with Crippen LogP contribution < -0.4 is 5.32 Å². The average Bonchev–Trinajstić information content (AvgIpc) is 3.39. The van der Waals surface area contributed by atoms with Crippen molar-refractivity contribution >= 4 is 22.8 Å².